The Morgan fingerprint density at radius 2 is 1.76 bits per heavy atom. The molecular weight excluding hydrogens is 324 g/mol. The van der Waals surface area contributed by atoms with E-state index in [0.717, 1.165) is 18.1 Å². The van der Waals surface area contributed by atoms with E-state index in [1.54, 1.807) is 6.21 Å². The zero-order valence-corrected chi connectivity index (χ0v) is 13.9. The smallest absolute Gasteiger partial charge is 0.272 e. The van der Waals surface area contributed by atoms with E-state index in [0.29, 0.717) is 0 Å². The molecule has 0 spiro atoms. The highest BCUT2D eigenvalue weighted by Gasteiger charge is 2.20. The molecule has 8 heteroatoms. The molecule has 0 aliphatic rings. The summed E-state index contributed by atoms with van der Waals surface area (Å²) in [5.74, 6) is 0. The van der Waals surface area contributed by atoms with Crippen LogP contribution >= 0.6 is 0 Å². The predicted octanol–water partition coefficient (Wildman–Crippen LogP) is 4.17. The highest BCUT2D eigenvalue weighted by Crippen LogP contribution is 2.29. The van der Waals surface area contributed by atoms with E-state index in [9.17, 15) is 20.2 Å². The third-order valence-electron chi connectivity index (χ3n) is 3.49. The van der Waals surface area contributed by atoms with Crippen LogP contribution in [-0.4, -0.2) is 16.1 Å². The zero-order chi connectivity index (χ0) is 18.4. The number of hydrogen-bond acceptors (Lipinski definition) is 6. The molecule has 0 bridgehead atoms. The fourth-order valence-electron chi connectivity index (χ4n) is 2.32. The van der Waals surface area contributed by atoms with Gasteiger partial charge in [0.25, 0.3) is 5.69 Å². The molecule has 0 atom stereocenters. The molecule has 0 amide bonds. The minimum atomic E-state index is -0.681. The highest BCUT2D eigenvalue weighted by atomic mass is 16.6. The monoisotopic (exact) mass is 342 g/mol. The molecule has 0 saturated carbocycles. The first kappa shape index (κ1) is 18.1. The minimum absolute atomic E-state index is 0.0994. The standard InChI is InChI=1S/C17H18N4O4/c1-17(2,11-13-6-4-3-5-7-13)12-18-19-15-9-8-14(20(22)23)10-16(15)21(24)25/h3-10,12,19H,11H2,1-2H3. The molecule has 2 rings (SSSR count). The van der Waals surface area contributed by atoms with E-state index in [1.807, 2.05) is 44.2 Å². The van der Waals surface area contributed by atoms with E-state index in [2.05, 4.69) is 10.5 Å². The summed E-state index contributed by atoms with van der Waals surface area (Å²) in [6.07, 6.45) is 2.42. The molecule has 2 aromatic carbocycles. The first-order valence-electron chi connectivity index (χ1n) is 7.55. The molecule has 2 aromatic rings. The Hall–Kier alpha value is -3.29. The number of anilines is 1. The SMILES string of the molecule is CC(C)(C=NNc1ccc([N+](=O)[O-])cc1[N+](=O)[O-])Cc1ccccc1. The maximum atomic E-state index is 11.1. The van der Waals surface area contributed by atoms with Gasteiger partial charge in [-0.3, -0.25) is 25.7 Å². The van der Waals surface area contributed by atoms with E-state index in [1.165, 1.54) is 12.1 Å². The summed E-state index contributed by atoms with van der Waals surface area (Å²) in [5.41, 5.74) is 2.85. The number of nitrogens with zero attached hydrogens (tertiary/aromatic N) is 3. The number of rotatable bonds is 7. The Morgan fingerprint density at radius 1 is 1.08 bits per heavy atom. The lowest BCUT2D eigenvalue weighted by Gasteiger charge is -2.19. The van der Waals surface area contributed by atoms with Crippen molar-refractivity contribution in [1.29, 1.82) is 0 Å². The van der Waals surface area contributed by atoms with Crippen LogP contribution in [0.15, 0.2) is 53.6 Å². The second-order valence-electron chi connectivity index (χ2n) is 6.24. The van der Waals surface area contributed by atoms with Crippen molar-refractivity contribution in [3.05, 3.63) is 74.3 Å². The van der Waals surface area contributed by atoms with Crippen LogP contribution in [0.4, 0.5) is 17.1 Å². The van der Waals surface area contributed by atoms with Gasteiger partial charge in [0.1, 0.15) is 5.69 Å². The molecule has 0 radical (unpaired) electrons. The Labute approximate surface area is 144 Å². The third kappa shape index (κ3) is 5.10. The topological polar surface area (TPSA) is 111 Å². The maximum absolute atomic E-state index is 11.1. The molecule has 1 N–H and O–H groups in total. The van der Waals surface area contributed by atoms with Crippen molar-refractivity contribution in [2.75, 3.05) is 5.43 Å². The second-order valence-corrected chi connectivity index (χ2v) is 6.24. The fourth-order valence-corrected chi connectivity index (χ4v) is 2.32. The molecule has 130 valence electrons. The van der Waals surface area contributed by atoms with Crippen LogP contribution in [0.5, 0.6) is 0 Å². The van der Waals surface area contributed by atoms with Crippen molar-refractivity contribution in [2.24, 2.45) is 10.5 Å². The number of nitro groups is 2. The van der Waals surface area contributed by atoms with Crippen molar-refractivity contribution >= 4 is 23.3 Å². The third-order valence-corrected chi connectivity index (χ3v) is 3.49. The summed E-state index contributed by atoms with van der Waals surface area (Å²) in [6, 6.07) is 13.3. The highest BCUT2D eigenvalue weighted by molar-refractivity contribution is 5.70. The number of hydrazone groups is 1. The first-order chi connectivity index (χ1) is 11.8. The van der Waals surface area contributed by atoms with Crippen LogP contribution in [0, 0.1) is 25.6 Å². The predicted molar refractivity (Wildman–Crippen MR) is 95.8 cm³/mol. The van der Waals surface area contributed by atoms with Gasteiger partial charge in [0, 0.05) is 17.7 Å². The Bertz CT molecular complexity index is 804. The number of nitro benzene ring substituents is 2. The van der Waals surface area contributed by atoms with Gasteiger partial charge in [-0.25, -0.2) is 0 Å². The Kier molecular flexibility index (Phi) is 5.43. The van der Waals surface area contributed by atoms with Crippen molar-refractivity contribution in [1.82, 2.24) is 0 Å². The summed E-state index contributed by atoms with van der Waals surface area (Å²) >= 11 is 0. The van der Waals surface area contributed by atoms with Crippen LogP contribution in [0.1, 0.15) is 19.4 Å². The Morgan fingerprint density at radius 3 is 2.36 bits per heavy atom. The lowest BCUT2D eigenvalue weighted by Crippen LogP contribution is -2.17. The van der Waals surface area contributed by atoms with E-state index in [4.69, 9.17) is 0 Å². The maximum Gasteiger partial charge on any atom is 0.301 e. The van der Waals surface area contributed by atoms with Gasteiger partial charge in [0.05, 0.1) is 15.9 Å². The molecule has 8 nitrogen and oxygen atoms in total. The molecule has 0 fully saturated rings. The van der Waals surface area contributed by atoms with E-state index in [-0.39, 0.29) is 16.8 Å². The molecular formula is C17H18N4O4. The summed E-state index contributed by atoms with van der Waals surface area (Å²) in [5, 5.41) is 25.9. The molecule has 0 heterocycles. The fraction of sp³-hybridized carbons (Fsp3) is 0.235. The second kappa shape index (κ2) is 7.52. The lowest BCUT2D eigenvalue weighted by atomic mass is 9.87. The number of nitrogens with one attached hydrogen (secondary N) is 1. The van der Waals surface area contributed by atoms with Crippen molar-refractivity contribution in [2.45, 2.75) is 20.3 Å². The van der Waals surface area contributed by atoms with E-state index >= 15 is 0 Å². The van der Waals surface area contributed by atoms with Crippen LogP contribution < -0.4 is 5.43 Å². The molecule has 25 heavy (non-hydrogen) atoms. The summed E-state index contributed by atoms with van der Waals surface area (Å²) < 4.78 is 0. The average molecular weight is 342 g/mol. The largest absolute Gasteiger partial charge is 0.301 e. The van der Waals surface area contributed by atoms with Crippen molar-refractivity contribution in [3.8, 4) is 0 Å². The van der Waals surface area contributed by atoms with Crippen molar-refractivity contribution < 1.29 is 9.85 Å². The Balaban J connectivity index is 2.13. The lowest BCUT2D eigenvalue weighted by molar-refractivity contribution is -0.393. The van der Waals surface area contributed by atoms with Gasteiger partial charge in [-0.1, -0.05) is 44.2 Å². The average Bonchev–Trinajstić information content (AvgIpc) is 2.55. The summed E-state index contributed by atoms with van der Waals surface area (Å²) in [4.78, 5) is 20.5. The molecule has 0 unspecified atom stereocenters. The van der Waals surface area contributed by atoms with Crippen molar-refractivity contribution in [3.63, 3.8) is 0 Å². The molecule has 0 saturated heterocycles. The number of hydrogen-bond donors (Lipinski definition) is 1. The van der Waals surface area contributed by atoms with Gasteiger partial charge in [-0.15, -0.1) is 0 Å². The first-order valence-corrected chi connectivity index (χ1v) is 7.55. The molecule has 0 aliphatic heterocycles. The van der Waals surface area contributed by atoms with Crippen LogP contribution in [0.2, 0.25) is 0 Å². The van der Waals surface area contributed by atoms with Gasteiger partial charge in [-0.2, -0.15) is 5.10 Å². The number of benzene rings is 2. The van der Waals surface area contributed by atoms with Crippen LogP contribution in [0.3, 0.4) is 0 Å². The van der Waals surface area contributed by atoms with Gasteiger partial charge < -0.3 is 0 Å². The number of non-ortho nitro benzene ring substituents is 1. The van der Waals surface area contributed by atoms with Crippen LogP contribution in [0.25, 0.3) is 0 Å². The summed E-state index contributed by atoms with van der Waals surface area (Å²) in [7, 11) is 0. The molecule has 0 aromatic heterocycles. The normalized spacial score (nSPS) is 11.4. The van der Waals surface area contributed by atoms with Gasteiger partial charge >= 0.3 is 5.69 Å². The van der Waals surface area contributed by atoms with Gasteiger partial charge in [-0.05, 0) is 18.1 Å². The van der Waals surface area contributed by atoms with E-state index < -0.39 is 15.5 Å². The van der Waals surface area contributed by atoms with Gasteiger partial charge in [0.15, 0.2) is 0 Å². The minimum Gasteiger partial charge on any atom is -0.272 e. The zero-order valence-electron chi connectivity index (χ0n) is 13.9. The molecule has 0 aliphatic carbocycles. The van der Waals surface area contributed by atoms with Gasteiger partial charge in [0.2, 0.25) is 0 Å². The van der Waals surface area contributed by atoms with Crippen LogP contribution in [-0.2, 0) is 6.42 Å². The summed E-state index contributed by atoms with van der Waals surface area (Å²) in [6.45, 7) is 3.99. The quantitative estimate of drug-likeness (QED) is 0.461.